The van der Waals surface area contributed by atoms with E-state index in [2.05, 4.69) is 4.57 Å². The summed E-state index contributed by atoms with van der Waals surface area (Å²) in [5, 5.41) is 1.24. The summed E-state index contributed by atoms with van der Waals surface area (Å²) >= 11 is 6.88. The summed E-state index contributed by atoms with van der Waals surface area (Å²) in [7, 11) is 0. The molecule has 0 unspecified atom stereocenters. The molecule has 2 saturated heterocycles. The van der Waals surface area contributed by atoms with Gasteiger partial charge < -0.3 is 14.2 Å². The number of ether oxygens (including phenoxy) is 1. The van der Waals surface area contributed by atoms with Crippen LogP contribution in [0.25, 0.3) is 17.0 Å². The number of thioether (sulfide) groups is 1. The van der Waals surface area contributed by atoms with E-state index in [1.165, 1.54) is 0 Å². The van der Waals surface area contributed by atoms with Crippen LogP contribution in [0.4, 0.5) is 4.79 Å². The zero-order valence-corrected chi connectivity index (χ0v) is 19.8. The maximum absolute atomic E-state index is 13.0. The van der Waals surface area contributed by atoms with Crippen molar-refractivity contribution in [2.75, 3.05) is 32.8 Å². The third-order valence-corrected chi connectivity index (χ3v) is 7.06. The molecule has 3 aromatic rings. The number of morpholine rings is 1. The molecule has 2 aromatic carbocycles. The normalized spacial score (nSPS) is 17.9. The van der Waals surface area contributed by atoms with E-state index in [-0.39, 0.29) is 12.5 Å². The van der Waals surface area contributed by atoms with Crippen LogP contribution >= 0.6 is 23.4 Å². The topological polar surface area (TPSA) is 71.9 Å². The number of carbonyl (C=O) groups is 3. The highest BCUT2D eigenvalue weighted by Crippen LogP contribution is 2.34. The van der Waals surface area contributed by atoms with E-state index >= 15 is 0 Å². The molecule has 7 nitrogen and oxygen atoms in total. The van der Waals surface area contributed by atoms with E-state index in [1.54, 1.807) is 11.0 Å². The second kappa shape index (κ2) is 9.66. The summed E-state index contributed by atoms with van der Waals surface area (Å²) in [6.07, 6.45) is 3.72. The molecule has 0 aliphatic carbocycles. The van der Waals surface area contributed by atoms with Crippen LogP contribution in [0.5, 0.6) is 0 Å². The molecule has 0 radical (unpaired) electrons. The average molecular weight is 496 g/mol. The Balaban J connectivity index is 1.39. The lowest BCUT2D eigenvalue weighted by Crippen LogP contribution is -2.46. The van der Waals surface area contributed by atoms with E-state index in [0.29, 0.717) is 42.8 Å². The Kier molecular flexibility index (Phi) is 6.45. The molecule has 1 aromatic heterocycles. The predicted molar refractivity (Wildman–Crippen MR) is 133 cm³/mol. The third-order valence-electron chi connectivity index (χ3n) is 5.90. The minimum absolute atomic E-state index is 0.244. The molecule has 0 N–H and O–H groups in total. The van der Waals surface area contributed by atoms with Crippen LogP contribution in [0.3, 0.4) is 0 Å². The van der Waals surface area contributed by atoms with Gasteiger partial charge in [0.05, 0.1) is 18.1 Å². The number of para-hydroxylation sites is 1. The number of carbonyl (C=O) groups excluding carboxylic acids is 3. The van der Waals surface area contributed by atoms with Gasteiger partial charge >= 0.3 is 0 Å². The summed E-state index contributed by atoms with van der Waals surface area (Å²) < 4.78 is 7.37. The minimum atomic E-state index is -0.439. The zero-order valence-electron chi connectivity index (χ0n) is 18.3. The van der Waals surface area contributed by atoms with Gasteiger partial charge in [-0.2, -0.15) is 0 Å². The second-order valence-electron chi connectivity index (χ2n) is 8.12. The van der Waals surface area contributed by atoms with Crippen molar-refractivity contribution in [3.05, 3.63) is 75.8 Å². The standard InChI is InChI=1S/C25H22ClN3O4S/c26-19-7-5-17(6-8-19)14-28-15-18(20-3-1-2-4-21(20)28)13-22-24(31)29(25(32)34-22)16-23(30)27-9-11-33-12-10-27/h1-8,13,15H,9-12,14,16H2/b22-13+. The van der Waals surface area contributed by atoms with Crippen LogP contribution in [-0.4, -0.2) is 64.3 Å². The average Bonchev–Trinajstić information content (AvgIpc) is 3.33. The molecular formula is C25H22ClN3O4S. The van der Waals surface area contributed by atoms with Crippen molar-refractivity contribution in [2.45, 2.75) is 6.54 Å². The predicted octanol–water partition coefficient (Wildman–Crippen LogP) is 4.24. The van der Waals surface area contributed by atoms with Crippen molar-refractivity contribution < 1.29 is 19.1 Å². The number of nitrogens with zero attached hydrogens (tertiary/aromatic N) is 3. The molecule has 3 amide bonds. The fourth-order valence-electron chi connectivity index (χ4n) is 4.13. The number of amides is 3. The summed E-state index contributed by atoms with van der Waals surface area (Å²) in [6.45, 7) is 2.26. The first kappa shape index (κ1) is 22.7. The first-order chi connectivity index (χ1) is 16.5. The fourth-order valence-corrected chi connectivity index (χ4v) is 5.09. The van der Waals surface area contributed by atoms with Crippen molar-refractivity contribution in [1.82, 2.24) is 14.4 Å². The van der Waals surface area contributed by atoms with Gasteiger partial charge in [-0.05, 0) is 41.6 Å². The third kappa shape index (κ3) is 4.61. The van der Waals surface area contributed by atoms with Gasteiger partial charge in [0.1, 0.15) is 6.54 Å². The summed E-state index contributed by atoms with van der Waals surface area (Å²) in [5.41, 5.74) is 2.96. The molecule has 34 heavy (non-hydrogen) atoms. The number of benzene rings is 2. The number of imide groups is 1. The highest BCUT2D eigenvalue weighted by molar-refractivity contribution is 8.18. The summed E-state index contributed by atoms with van der Waals surface area (Å²) in [4.78, 5) is 41.1. The summed E-state index contributed by atoms with van der Waals surface area (Å²) in [6, 6.07) is 15.6. The summed E-state index contributed by atoms with van der Waals surface area (Å²) in [5.74, 6) is -0.683. The minimum Gasteiger partial charge on any atom is -0.378 e. The monoisotopic (exact) mass is 495 g/mol. The highest BCUT2D eigenvalue weighted by Gasteiger charge is 2.37. The first-order valence-electron chi connectivity index (χ1n) is 10.9. The van der Waals surface area contributed by atoms with Crippen molar-refractivity contribution in [2.24, 2.45) is 0 Å². The molecule has 3 heterocycles. The van der Waals surface area contributed by atoms with Crippen LogP contribution in [-0.2, 0) is 20.9 Å². The molecule has 5 rings (SSSR count). The lowest BCUT2D eigenvalue weighted by molar-refractivity contribution is -0.139. The Morgan fingerprint density at radius 1 is 1.06 bits per heavy atom. The number of fused-ring (bicyclic) bond motifs is 1. The van der Waals surface area contributed by atoms with Crippen LogP contribution in [0, 0.1) is 0 Å². The smallest absolute Gasteiger partial charge is 0.294 e. The molecule has 0 atom stereocenters. The Hall–Kier alpha value is -3.07. The van der Waals surface area contributed by atoms with Crippen molar-refractivity contribution >= 4 is 57.4 Å². The molecular weight excluding hydrogens is 474 g/mol. The number of halogens is 1. The largest absolute Gasteiger partial charge is 0.378 e. The van der Waals surface area contributed by atoms with Gasteiger partial charge in [-0.25, -0.2) is 0 Å². The van der Waals surface area contributed by atoms with Gasteiger partial charge in [-0.1, -0.05) is 41.9 Å². The molecule has 174 valence electrons. The Bertz CT molecular complexity index is 1300. The molecule has 0 bridgehead atoms. The Morgan fingerprint density at radius 2 is 1.79 bits per heavy atom. The zero-order chi connectivity index (χ0) is 23.7. The lowest BCUT2D eigenvalue weighted by Gasteiger charge is -2.28. The maximum atomic E-state index is 13.0. The van der Waals surface area contributed by atoms with Crippen molar-refractivity contribution in [3.8, 4) is 0 Å². The second-order valence-corrected chi connectivity index (χ2v) is 9.55. The molecule has 2 fully saturated rings. The number of aromatic nitrogens is 1. The molecule has 2 aliphatic heterocycles. The van der Waals surface area contributed by atoms with Gasteiger partial charge in [0.15, 0.2) is 0 Å². The SMILES string of the molecule is O=C(CN1C(=O)S/C(=C/c2cn(Cc3ccc(Cl)cc3)c3ccccc23)C1=O)N1CCOCC1. The highest BCUT2D eigenvalue weighted by atomic mass is 35.5. The molecule has 2 aliphatic rings. The van der Waals surface area contributed by atoms with Crippen molar-refractivity contribution in [3.63, 3.8) is 0 Å². The molecule has 9 heteroatoms. The van der Waals surface area contributed by atoms with Crippen LogP contribution in [0.15, 0.2) is 59.6 Å². The van der Waals surface area contributed by atoms with Crippen LogP contribution in [0.2, 0.25) is 5.02 Å². The fraction of sp³-hybridized carbons (Fsp3) is 0.240. The lowest BCUT2D eigenvalue weighted by atomic mass is 10.1. The Morgan fingerprint density at radius 3 is 2.56 bits per heavy atom. The van der Waals surface area contributed by atoms with E-state index in [4.69, 9.17) is 16.3 Å². The number of hydrogen-bond donors (Lipinski definition) is 0. The molecule has 0 spiro atoms. The number of hydrogen-bond acceptors (Lipinski definition) is 5. The van der Waals surface area contributed by atoms with Gasteiger partial charge in [0.25, 0.3) is 11.1 Å². The van der Waals surface area contributed by atoms with Gasteiger partial charge in [0, 0.05) is 47.3 Å². The molecule has 0 saturated carbocycles. The maximum Gasteiger partial charge on any atom is 0.294 e. The van der Waals surface area contributed by atoms with Crippen LogP contribution in [0.1, 0.15) is 11.1 Å². The quantitative estimate of drug-likeness (QED) is 0.495. The van der Waals surface area contributed by atoms with Crippen molar-refractivity contribution in [1.29, 1.82) is 0 Å². The van der Waals surface area contributed by atoms with Crippen LogP contribution < -0.4 is 0 Å². The Labute approximate surface area is 205 Å². The van der Waals surface area contributed by atoms with Gasteiger partial charge in [-0.15, -0.1) is 0 Å². The van der Waals surface area contributed by atoms with Gasteiger partial charge in [0.2, 0.25) is 5.91 Å². The van der Waals surface area contributed by atoms with E-state index in [0.717, 1.165) is 38.7 Å². The first-order valence-corrected chi connectivity index (χ1v) is 12.1. The van der Waals surface area contributed by atoms with E-state index in [9.17, 15) is 14.4 Å². The van der Waals surface area contributed by atoms with E-state index < -0.39 is 11.1 Å². The van der Waals surface area contributed by atoms with E-state index in [1.807, 2.05) is 54.7 Å². The number of rotatable bonds is 5. The van der Waals surface area contributed by atoms with Gasteiger partial charge in [-0.3, -0.25) is 19.3 Å².